The third-order valence-corrected chi connectivity index (χ3v) is 2.66. The van der Waals surface area contributed by atoms with Crippen LogP contribution in [0.15, 0.2) is 18.3 Å². The Bertz CT molecular complexity index is 522. The molecule has 0 spiro atoms. The highest BCUT2D eigenvalue weighted by Gasteiger charge is 2.36. The highest BCUT2D eigenvalue weighted by Crippen LogP contribution is 2.25. The maximum absolute atomic E-state index is 12.8. The molecule has 0 N–H and O–H groups in total. The summed E-state index contributed by atoms with van der Waals surface area (Å²) in [5.74, 6) is 0.0332. The lowest BCUT2D eigenvalue weighted by molar-refractivity contribution is -0.119. The highest BCUT2D eigenvalue weighted by atomic mass is 19.4. The van der Waals surface area contributed by atoms with Gasteiger partial charge in [0.25, 0.3) is 0 Å². The first-order valence-corrected chi connectivity index (χ1v) is 6.92. The Morgan fingerprint density at radius 2 is 1.91 bits per heavy atom. The van der Waals surface area contributed by atoms with E-state index in [0.29, 0.717) is 4.90 Å². The van der Waals surface area contributed by atoms with Crippen molar-refractivity contribution in [3.63, 3.8) is 0 Å². The number of hydrogen-bond acceptors (Lipinski definition) is 3. The zero-order valence-electron chi connectivity index (χ0n) is 13.4. The molecule has 0 aliphatic rings. The number of carbonyl (C=O) groups is 1. The van der Waals surface area contributed by atoms with E-state index in [-0.39, 0.29) is 11.7 Å². The van der Waals surface area contributed by atoms with Gasteiger partial charge in [-0.3, -0.25) is 4.90 Å². The van der Waals surface area contributed by atoms with Crippen molar-refractivity contribution in [2.45, 2.75) is 52.3 Å². The second kappa shape index (κ2) is 6.54. The number of ether oxygens (including phenoxy) is 1. The molecule has 4 nitrogen and oxygen atoms in total. The molecule has 1 heterocycles. The Hall–Kier alpha value is -1.79. The summed E-state index contributed by atoms with van der Waals surface area (Å²) >= 11 is 0. The van der Waals surface area contributed by atoms with Crippen molar-refractivity contribution in [3.8, 4) is 0 Å². The normalized spacial score (nSPS) is 12.4. The van der Waals surface area contributed by atoms with E-state index in [1.807, 2.05) is 13.8 Å². The number of carbonyl (C=O) groups excluding carboxylic acids is 1. The van der Waals surface area contributed by atoms with E-state index in [0.717, 1.165) is 5.56 Å². The van der Waals surface area contributed by atoms with Crippen molar-refractivity contribution >= 4 is 11.9 Å². The molecule has 22 heavy (non-hydrogen) atoms. The predicted molar refractivity (Wildman–Crippen MR) is 78.0 cm³/mol. The van der Waals surface area contributed by atoms with Crippen molar-refractivity contribution < 1.29 is 22.7 Å². The fourth-order valence-corrected chi connectivity index (χ4v) is 1.68. The van der Waals surface area contributed by atoms with E-state index in [4.69, 9.17) is 4.74 Å². The van der Waals surface area contributed by atoms with Crippen LogP contribution >= 0.6 is 0 Å². The van der Waals surface area contributed by atoms with Gasteiger partial charge in [0, 0.05) is 6.20 Å². The van der Waals surface area contributed by atoms with Gasteiger partial charge < -0.3 is 4.74 Å². The van der Waals surface area contributed by atoms with Gasteiger partial charge >= 0.3 is 12.3 Å². The van der Waals surface area contributed by atoms with Crippen LogP contribution < -0.4 is 4.90 Å². The lowest BCUT2D eigenvalue weighted by Crippen LogP contribution is -2.42. The van der Waals surface area contributed by atoms with Gasteiger partial charge in [-0.05, 0) is 44.4 Å². The Morgan fingerprint density at radius 1 is 1.32 bits per heavy atom. The van der Waals surface area contributed by atoms with Gasteiger partial charge in [0.15, 0.2) is 0 Å². The SMILES string of the molecule is CC(C)c1ccnc(N(CC(F)(F)F)C(=O)OC(C)(C)C)c1. The van der Waals surface area contributed by atoms with Crippen LogP contribution in [0.4, 0.5) is 23.8 Å². The summed E-state index contributed by atoms with van der Waals surface area (Å²) in [6, 6.07) is 3.18. The second-order valence-corrected chi connectivity index (χ2v) is 6.28. The molecule has 0 atom stereocenters. The quantitative estimate of drug-likeness (QED) is 0.823. The second-order valence-electron chi connectivity index (χ2n) is 6.28. The van der Waals surface area contributed by atoms with Gasteiger partial charge in [0.2, 0.25) is 0 Å². The molecule has 0 radical (unpaired) electrons. The molecular formula is C15H21F3N2O2. The first kappa shape index (κ1) is 18.3. The minimum Gasteiger partial charge on any atom is -0.443 e. The Morgan fingerprint density at radius 3 is 2.36 bits per heavy atom. The van der Waals surface area contributed by atoms with Crippen LogP contribution in [0, 0.1) is 0 Å². The van der Waals surface area contributed by atoms with Gasteiger partial charge in [-0.2, -0.15) is 13.2 Å². The largest absolute Gasteiger partial charge is 0.443 e. The smallest absolute Gasteiger partial charge is 0.416 e. The maximum Gasteiger partial charge on any atom is 0.416 e. The number of pyridine rings is 1. The molecule has 0 saturated carbocycles. The lowest BCUT2D eigenvalue weighted by Gasteiger charge is -2.27. The molecule has 124 valence electrons. The zero-order valence-corrected chi connectivity index (χ0v) is 13.4. The summed E-state index contributed by atoms with van der Waals surface area (Å²) in [5.41, 5.74) is -0.0999. The van der Waals surface area contributed by atoms with Crippen molar-refractivity contribution in [1.29, 1.82) is 0 Å². The lowest BCUT2D eigenvalue weighted by atomic mass is 10.1. The number of rotatable bonds is 3. The maximum atomic E-state index is 12.8. The number of amides is 1. The van der Waals surface area contributed by atoms with Crippen LogP contribution in [-0.2, 0) is 4.74 Å². The molecule has 1 rings (SSSR count). The van der Waals surface area contributed by atoms with Crippen molar-refractivity contribution in [1.82, 2.24) is 4.98 Å². The zero-order chi connectivity index (χ0) is 17.1. The molecule has 7 heteroatoms. The molecule has 0 aliphatic heterocycles. The standard InChI is InChI=1S/C15H21F3N2O2/c1-10(2)11-6-7-19-12(8-11)20(9-15(16,17)18)13(21)22-14(3,4)5/h6-8,10H,9H2,1-5H3. The fraction of sp³-hybridized carbons (Fsp3) is 0.600. The molecule has 0 aromatic carbocycles. The van der Waals surface area contributed by atoms with Crippen molar-refractivity contribution in [2.75, 3.05) is 11.4 Å². The molecule has 1 aromatic heterocycles. The third kappa shape index (κ3) is 5.91. The van der Waals surface area contributed by atoms with Gasteiger partial charge in [-0.15, -0.1) is 0 Å². The minimum atomic E-state index is -4.55. The first-order chi connectivity index (χ1) is 9.89. The molecule has 0 unspecified atom stereocenters. The molecule has 1 aromatic rings. The van der Waals surface area contributed by atoms with Gasteiger partial charge in [0.05, 0.1) is 0 Å². The highest BCUT2D eigenvalue weighted by molar-refractivity contribution is 5.86. The summed E-state index contributed by atoms with van der Waals surface area (Å²) in [7, 11) is 0. The number of nitrogens with zero attached hydrogens (tertiary/aromatic N) is 2. The fourth-order valence-electron chi connectivity index (χ4n) is 1.68. The van der Waals surface area contributed by atoms with Crippen LogP contribution in [0.5, 0.6) is 0 Å². The number of halogens is 3. The average molecular weight is 318 g/mol. The first-order valence-electron chi connectivity index (χ1n) is 6.92. The number of hydrogen-bond donors (Lipinski definition) is 0. The average Bonchev–Trinajstić information content (AvgIpc) is 2.33. The van der Waals surface area contributed by atoms with E-state index >= 15 is 0 Å². The molecule has 0 saturated heterocycles. The van der Waals surface area contributed by atoms with E-state index in [1.54, 1.807) is 26.8 Å². The van der Waals surface area contributed by atoms with Crippen molar-refractivity contribution in [2.24, 2.45) is 0 Å². The van der Waals surface area contributed by atoms with Gasteiger partial charge in [-0.1, -0.05) is 13.8 Å². The topological polar surface area (TPSA) is 42.4 Å². The summed E-state index contributed by atoms with van der Waals surface area (Å²) in [6.45, 7) is 7.13. The van der Waals surface area contributed by atoms with E-state index in [2.05, 4.69) is 4.98 Å². The van der Waals surface area contributed by atoms with Crippen LogP contribution in [0.1, 0.15) is 46.1 Å². The number of anilines is 1. The Balaban J connectivity index is 3.15. The van der Waals surface area contributed by atoms with E-state index < -0.39 is 24.4 Å². The monoisotopic (exact) mass is 318 g/mol. The van der Waals surface area contributed by atoms with E-state index in [9.17, 15) is 18.0 Å². The molecule has 0 aliphatic carbocycles. The van der Waals surface area contributed by atoms with Crippen LogP contribution in [0.25, 0.3) is 0 Å². The minimum absolute atomic E-state index is 0.0715. The molecule has 0 fully saturated rings. The van der Waals surface area contributed by atoms with Crippen molar-refractivity contribution in [3.05, 3.63) is 23.9 Å². The van der Waals surface area contributed by atoms with Crippen LogP contribution in [0.3, 0.4) is 0 Å². The van der Waals surface area contributed by atoms with Gasteiger partial charge in [0.1, 0.15) is 18.0 Å². The molecule has 1 amide bonds. The molecular weight excluding hydrogens is 297 g/mol. The Labute approximate surface area is 128 Å². The predicted octanol–water partition coefficient (Wildman–Crippen LogP) is 4.51. The van der Waals surface area contributed by atoms with Gasteiger partial charge in [-0.25, -0.2) is 9.78 Å². The summed E-state index contributed by atoms with van der Waals surface area (Å²) < 4.78 is 43.3. The summed E-state index contributed by atoms with van der Waals surface area (Å²) in [5, 5.41) is 0. The number of aromatic nitrogens is 1. The molecule has 0 bridgehead atoms. The van der Waals surface area contributed by atoms with Crippen LogP contribution in [0.2, 0.25) is 0 Å². The number of alkyl halides is 3. The Kier molecular flexibility index (Phi) is 5.43. The third-order valence-electron chi connectivity index (χ3n) is 2.66. The van der Waals surface area contributed by atoms with E-state index in [1.165, 1.54) is 12.3 Å². The van der Waals surface area contributed by atoms with Crippen LogP contribution in [-0.4, -0.2) is 29.4 Å². The summed E-state index contributed by atoms with van der Waals surface area (Å²) in [4.78, 5) is 16.5. The summed E-state index contributed by atoms with van der Waals surface area (Å²) in [6.07, 6.45) is -4.23.